The van der Waals surface area contributed by atoms with Gasteiger partial charge in [-0.15, -0.1) is 0 Å². The van der Waals surface area contributed by atoms with Crippen LogP contribution in [-0.2, 0) is 0 Å². The highest BCUT2D eigenvalue weighted by Crippen LogP contribution is 2.29. The number of nitrogens with two attached hydrogens (primary N) is 1. The number of carbonyl (C=O) groups is 1. The van der Waals surface area contributed by atoms with Crippen LogP contribution in [0.4, 0.5) is 5.69 Å². The van der Waals surface area contributed by atoms with Crippen LogP contribution in [0.1, 0.15) is 28.9 Å². The van der Waals surface area contributed by atoms with Crippen molar-refractivity contribution in [1.82, 2.24) is 10.3 Å². The number of benzene rings is 1. The van der Waals surface area contributed by atoms with Crippen molar-refractivity contribution in [1.29, 1.82) is 0 Å². The topological polar surface area (TPSA) is 82.9 Å². The Bertz CT molecular complexity index is 686. The lowest BCUT2D eigenvalue weighted by molar-refractivity contribution is 0.1000. The smallest absolute Gasteiger partial charge is 0.250 e. The van der Waals surface area contributed by atoms with Crippen molar-refractivity contribution >= 4 is 11.6 Å². The minimum absolute atomic E-state index is 0.398. The standard InChI is InChI=1S/C18H24N4O/c1-12-15(18(19)23)10-17(22-12)14-4-2-3-5-16(14)21-11-13-6-8-20-9-7-13/h2-5,10,13,20-22H,6-9,11H2,1H3,(H2,19,23). The fraction of sp³-hybridized carbons (Fsp3) is 0.389. The van der Waals surface area contributed by atoms with E-state index in [1.54, 1.807) is 0 Å². The van der Waals surface area contributed by atoms with E-state index >= 15 is 0 Å². The Kier molecular flexibility index (Phi) is 4.67. The lowest BCUT2D eigenvalue weighted by Gasteiger charge is -2.23. The van der Waals surface area contributed by atoms with Gasteiger partial charge in [-0.3, -0.25) is 4.79 Å². The van der Waals surface area contributed by atoms with Crippen molar-refractivity contribution in [2.75, 3.05) is 25.0 Å². The summed E-state index contributed by atoms with van der Waals surface area (Å²) in [4.78, 5) is 14.7. The van der Waals surface area contributed by atoms with Crippen LogP contribution in [0.5, 0.6) is 0 Å². The molecule has 0 saturated carbocycles. The SMILES string of the molecule is Cc1[nH]c(-c2ccccc2NCC2CCNCC2)cc1C(N)=O. The molecule has 23 heavy (non-hydrogen) atoms. The van der Waals surface area contributed by atoms with Crippen molar-refractivity contribution in [2.24, 2.45) is 11.7 Å². The predicted octanol–water partition coefficient (Wildman–Crippen LogP) is 2.50. The summed E-state index contributed by atoms with van der Waals surface area (Å²) in [5.41, 5.74) is 9.85. The van der Waals surface area contributed by atoms with E-state index in [9.17, 15) is 4.79 Å². The van der Waals surface area contributed by atoms with Gasteiger partial charge >= 0.3 is 0 Å². The van der Waals surface area contributed by atoms with Gasteiger partial charge in [0, 0.05) is 29.2 Å². The average molecular weight is 312 g/mol. The molecule has 0 bridgehead atoms. The van der Waals surface area contributed by atoms with Crippen LogP contribution in [0.25, 0.3) is 11.3 Å². The monoisotopic (exact) mass is 312 g/mol. The fourth-order valence-electron chi connectivity index (χ4n) is 3.17. The second-order valence-corrected chi connectivity index (χ2v) is 6.21. The third kappa shape index (κ3) is 3.56. The van der Waals surface area contributed by atoms with E-state index in [0.29, 0.717) is 11.5 Å². The summed E-state index contributed by atoms with van der Waals surface area (Å²) in [7, 11) is 0. The maximum absolute atomic E-state index is 11.5. The van der Waals surface area contributed by atoms with Gasteiger partial charge in [-0.05, 0) is 50.9 Å². The number of hydrogen-bond donors (Lipinski definition) is 4. The van der Waals surface area contributed by atoms with Crippen molar-refractivity contribution in [2.45, 2.75) is 19.8 Å². The third-order valence-corrected chi connectivity index (χ3v) is 4.54. The molecule has 0 aliphatic carbocycles. The van der Waals surface area contributed by atoms with Crippen LogP contribution in [0.2, 0.25) is 0 Å². The number of H-pyrrole nitrogens is 1. The van der Waals surface area contributed by atoms with E-state index in [1.165, 1.54) is 12.8 Å². The molecule has 1 aliphatic heterocycles. The molecule has 1 aromatic heterocycles. The highest BCUT2D eigenvalue weighted by molar-refractivity contribution is 5.96. The van der Waals surface area contributed by atoms with E-state index in [-0.39, 0.29) is 0 Å². The summed E-state index contributed by atoms with van der Waals surface area (Å²) in [6.45, 7) is 5.05. The van der Waals surface area contributed by atoms with E-state index < -0.39 is 5.91 Å². The molecule has 1 aromatic carbocycles. The first kappa shape index (κ1) is 15.6. The molecule has 0 spiro atoms. The molecule has 1 aliphatic rings. The van der Waals surface area contributed by atoms with Crippen molar-refractivity contribution < 1.29 is 4.79 Å². The second-order valence-electron chi connectivity index (χ2n) is 6.21. The second kappa shape index (κ2) is 6.87. The van der Waals surface area contributed by atoms with E-state index in [1.807, 2.05) is 25.1 Å². The normalized spacial score (nSPS) is 15.5. The molecule has 1 fully saturated rings. The average Bonchev–Trinajstić information content (AvgIpc) is 2.96. The Morgan fingerprint density at radius 2 is 2.04 bits per heavy atom. The first-order valence-corrected chi connectivity index (χ1v) is 8.18. The Morgan fingerprint density at radius 3 is 2.74 bits per heavy atom. The quantitative estimate of drug-likeness (QED) is 0.684. The Balaban J connectivity index is 1.80. The van der Waals surface area contributed by atoms with Crippen LogP contribution in [-0.4, -0.2) is 30.5 Å². The summed E-state index contributed by atoms with van der Waals surface area (Å²) < 4.78 is 0. The summed E-state index contributed by atoms with van der Waals surface area (Å²) in [5.74, 6) is 0.306. The molecule has 3 rings (SSSR count). The highest BCUT2D eigenvalue weighted by atomic mass is 16.1. The van der Waals surface area contributed by atoms with Crippen molar-refractivity contribution in [3.05, 3.63) is 41.6 Å². The number of nitrogens with one attached hydrogen (secondary N) is 3. The van der Waals surface area contributed by atoms with Gasteiger partial charge in [0.2, 0.25) is 0 Å². The summed E-state index contributed by atoms with van der Waals surface area (Å²) in [6, 6.07) is 10.0. The molecule has 5 N–H and O–H groups in total. The minimum Gasteiger partial charge on any atom is -0.384 e. The molecule has 2 heterocycles. The Morgan fingerprint density at radius 1 is 1.30 bits per heavy atom. The van der Waals surface area contributed by atoms with Crippen LogP contribution in [0, 0.1) is 12.8 Å². The zero-order chi connectivity index (χ0) is 16.2. The Labute approximate surface area is 136 Å². The van der Waals surface area contributed by atoms with Crippen molar-refractivity contribution in [3.63, 3.8) is 0 Å². The van der Waals surface area contributed by atoms with Crippen LogP contribution in [0.3, 0.4) is 0 Å². The fourth-order valence-corrected chi connectivity index (χ4v) is 3.17. The number of primary amides is 1. The van der Waals surface area contributed by atoms with E-state index in [0.717, 1.165) is 42.3 Å². The third-order valence-electron chi connectivity index (χ3n) is 4.54. The van der Waals surface area contributed by atoms with Gasteiger partial charge in [0.1, 0.15) is 0 Å². The van der Waals surface area contributed by atoms with Gasteiger partial charge < -0.3 is 21.4 Å². The number of para-hydroxylation sites is 1. The first-order valence-electron chi connectivity index (χ1n) is 8.18. The Hall–Kier alpha value is -2.27. The number of carbonyl (C=O) groups excluding carboxylic acids is 1. The van der Waals surface area contributed by atoms with Crippen LogP contribution >= 0.6 is 0 Å². The number of aromatic nitrogens is 1. The number of hydrogen-bond acceptors (Lipinski definition) is 3. The predicted molar refractivity (Wildman–Crippen MR) is 93.6 cm³/mol. The number of rotatable bonds is 5. The minimum atomic E-state index is -0.398. The van der Waals surface area contributed by atoms with E-state index in [2.05, 4.69) is 27.8 Å². The number of amides is 1. The van der Waals surface area contributed by atoms with Crippen LogP contribution < -0.4 is 16.4 Å². The molecule has 0 radical (unpaired) electrons. The summed E-state index contributed by atoms with van der Waals surface area (Å²) in [5, 5.41) is 6.97. The van der Waals surface area contributed by atoms with Crippen molar-refractivity contribution in [3.8, 4) is 11.3 Å². The molecule has 5 nitrogen and oxygen atoms in total. The molecular formula is C18H24N4O. The molecule has 122 valence electrons. The van der Waals surface area contributed by atoms with Gasteiger partial charge in [0.15, 0.2) is 0 Å². The maximum Gasteiger partial charge on any atom is 0.250 e. The number of piperidine rings is 1. The first-order chi connectivity index (χ1) is 11.1. The maximum atomic E-state index is 11.5. The van der Waals surface area contributed by atoms with Gasteiger partial charge in [0.25, 0.3) is 5.91 Å². The highest BCUT2D eigenvalue weighted by Gasteiger charge is 2.15. The van der Waals surface area contributed by atoms with Crippen LogP contribution in [0.15, 0.2) is 30.3 Å². The lowest BCUT2D eigenvalue weighted by atomic mass is 9.98. The van der Waals surface area contributed by atoms with Gasteiger partial charge in [-0.1, -0.05) is 18.2 Å². The number of aromatic amines is 1. The zero-order valence-corrected chi connectivity index (χ0v) is 13.5. The summed E-state index contributed by atoms with van der Waals surface area (Å²) >= 11 is 0. The van der Waals surface area contributed by atoms with Gasteiger partial charge in [-0.2, -0.15) is 0 Å². The number of anilines is 1. The van der Waals surface area contributed by atoms with Gasteiger partial charge in [0.05, 0.1) is 5.56 Å². The molecule has 0 unspecified atom stereocenters. The largest absolute Gasteiger partial charge is 0.384 e. The summed E-state index contributed by atoms with van der Waals surface area (Å²) in [6.07, 6.45) is 2.42. The van der Waals surface area contributed by atoms with E-state index in [4.69, 9.17) is 5.73 Å². The molecule has 1 saturated heterocycles. The number of aryl methyl sites for hydroxylation is 1. The molecule has 1 amide bonds. The molecule has 0 atom stereocenters. The zero-order valence-electron chi connectivity index (χ0n) is 13.5. The molecule has 2 aromatic rings. The molecular weight excluding hydrogens is 288 g/mol. The molecule has 5 heteroatoms. The lowest BCUT2D eigenvalue weighted by Crippen LogP contribution is -2.31. The van der Waals surface area contributed by atoms with Gasteiger partial charge in [-0.25, -0.2) is 0 Å².